The largest absolute Gasteiger partial charge is 0.394 e. The fourth-order valence-electron chi connectivity index (χ4n) is 0.674. The molecular weight excluding hydrogens is 259 g/mol. The van der Waals surface area contributed by atoms with Crippen molar-refractivity contribution in [1.29, 1.82) is 0 Å². The summed E-state index contributed by atoms with van der Waals surface area (Å²) in [7, 11) is 0. The molecule has 0 aliphatic rings. The number of hydrogen-bond acceptors (Lipinski definition) is 3. The van der Waals surface area contributed by atoms with Gasteiger partial charge in [0.25, 0.3) is 5.56 Å². The van der Waals surface area contributed by atoms with Gasteiger partial charge < -0.3 is 5.11 Å². The van der Waals surface area contributed by atoms with Crippen LogP contribution in [-0.4, -0.2) is 21.5 Å². The number of nitrogens with zero attached hydrogens (tertiary/aromatic N) is 2. The Morgan fingerprint density at radius 3 is 3.00 bits per heavy atom. The molecule has 1 N–H and O–H groups in total. The van der Waals surface area contributed by atoms with Gasteiger partial charge in [-0.2, -0.15) is 5.10 Å². The van der Waals surface area contributed by atoms with Gasteiger partial charge in [0.05, 0.1) is 19.3 Å². The lowest BCUT2D eigenvalue weighted by molar-refractivity contribution is 0.266. The van der Waals surface area contributed by atoms with Gasteiger partial charge in [0.15, 0.2) is 0 Å². The monoisotopic (exact) mass is 266 g/mol. The number of aromatic nitrogens is 2. The first-order valence-corrected chi connectivity index (χ1v) is 4.15. The fourth-order valence-corrected chi connectivity index (χ4v) is 1.07. The number of aliphatic hydroxyl groups is 1. The summed E-state index contributed by atoms with van der Waals surface area (Å²) in [6, 6.07) is 1.48. The van der Waals surface area contributed by atoms with E-state index in [9.17, 15) is 4.79 Å². The minimum absolute atomic E-state index is 0.0620. The Morgan fingerprint density at radius 2 is 2.45 bits per heavy atom. The molecule has 11 heavy (non-hydrogen) atoms. The average molecular weight is 266 g/mol. The first kappa shape index (κ1) is 8.66. The van der Waals surface area contributed by atoms with Crippen LogP contribution in [0, 0.1) is 3.57 Å². The summed E-state index contributed by atoms with van der Waals surface area (Å²) in [5.74, 6) is 0. The molecule has 0 fully saturated rings. The minimum Gasteiger partial charge on any atom is -0.394 e. The second kappa shape index (κ2) is 3.82. The number of rotatable bonds is 2. The Kier molecular flexibility index (Phi) is 3.01. The smallest absolute Gasteiger partial charge is 0.267 e. The predicted molar refractivity (Wildman–Crippen MR) is 48.3 cm³/mol. The van der Waals surface area contributed by atoms with E-state index in [0.29, 0.717) is 0 Å². The van der Waals surface area contributed by atoms with Crippen LogP contribution in [0.1, 0.15) is 0 Å². The van der Waals surface area contributed by atoms with Crippen molar-refractivity contribution in [3.8, 4) is 0 Å². The summed E-state index contributed by atoms with van der Waals surface area (Å²) < 4.78 is 2.03. The predicted octanol–water partition coefficient (Wildman–Crippen LogP) is -0.160. The lowest BCUT2D eigenvalue weighted by Gasteiger charge is -1.99. The van der Waals surface area contributed by atoms with Gasteiger partial charge in [0, 0.05) is 9.64 Å². The van der Waals surface area contributed by atoms with Crippen LogP contribution in [0.4, 0.5) is 0 Å². The fraction of sp³-hybridized carbons (Fsp3) is 0.333. The molecule has 0 aliphatic carbocycles. The molecule has 0 spiro atoms. The Morgan fingerprint density at radius 1 is 1.73 bits per heavy atom. The van der Waals surface area contributed by atoms with E-state index >= 15 is 0 Å². The molecule has 0 atom stereocenters. The van der Waals surface area contributed by atoms with Crippen LogP contribution in [0.25, 0.3) is 0 Å². The Balaban J connectivity index is 3.00. The molecule has 4 nitrogen and oxygen atoms in total. The van der Waals surface area contributed by atoms with Crippen molar-refractivity contribution in [3.05, 3.63) is 26.2 Å². The number of aliphatic hydroxyl groups excluding tert-OH is 1. The molecule has 0 aliphatic heterocycles. The molecule has 0 unspecified atom stereocenters. The Bertz CT molecular complexity index is 297. The first-order valence-electron chi connectivity index (χ1n) is 3.07. The highest BCUT2D eigenvalue weighted by Crippen LogP contribution is 1.95. The van der Waals surface area contributed by atoms with Gasteiger partial charge in [-0.05, 0) is 22.6 Å². The highest BCUT2D eigenvalue weighted by molar-refractivity contribution is 14.1. The molecule has 0 bridgehead atoms. The van der Waals surface area contributed by atoms with E-state index in [0.717, 1.165) is 3.57 Å². The molecule has 0 aromatic carbocycles. The molecule has 5 heteroatoms. The van der Waals surface area contributed by atoms with Gasteiger partial charge in [0.2, 0.25) is 0 Å². The second-order valence-corrected chi connectivity index (χ2v) is 3.20. The Hall–Kier alpha value is -0.430. The summed E-state index contributed by atoms with van der Waals surface area (Å²) in [6.07, 6.45) is 1.58. The zero-order valence-corrected chi connectivity index (χ0v) is 7.85. The summed E-state index contributed by atoms with van der Waals surface area (Å²) in [5, 5.41) is 12.3. The average Bonchev–Trinajstić information content (AvgIpc) is 1.95. The molecule has 0 radical (unpaired) electrons. The third-order valence-corrected chi connectivity index (χ3v) is 1.74. The quantitative estimate of drug-likeness (QED) is 0.757. The summed E-state index contributed by atoms with van der Waals surface area (Å²) in [5.41, 5.74) is -0.175. The van der Waals surface area contributed by atoms with Gasteiger partial charge in [-0.15, -0.1) is 0 Å². The van der Waals surface area contributed by atoms with E-state index in [1.54, 1.807) is 6.20 Å². The van der Waals surface area contributed by atoms with Crippen LogP contribution in [0.5, 0.6) is 0 Å². The maximum atomic E-state index is 11.0. The maximum absolute atomic E-state index is 11.0. The zero-order chi connectivity index (χ0) is 8.27. The maximum Gasteiger partial charge on any atom is 0.267 e. The highest BCUT2D eigenvalue weighted by Gasteiger charge is 1.95. The summed E-state index contributed by atoms with van der Waals surface area (Å²) in [6.45, 7) is 0.198. The molecule has 0 saturated heterocycles. The van der Waals surface area contributed by atoms with Crippen LogP contribution in [0.2, 0.25) is 0 Å². The molecule has 0 amide bonds. The molecule has 1 aromatic rings. The number of hydrogen-bond donors (Lipinski definition) is 1. The van der Waals surface area contributed by atoms with E-state index in [1.165, 1.54) is 10.7 Å². The lowest BCUT2D eigenvalue weighted by atomic mass is 10.5. The highest BCUT2D eigenvalue weighted by atomic mass is 127. The van der Waals surface area contributed by atoms with Crippen LogP contribution < -0.4 is 5.56 Å². The van der Waals surface area contributed by atoms with Gasteiger partial charge in [-0.25, -0.2) is 4.68 Å². The molecule has 1 heterocycles. The number of halogens is 1. The Labute approximate surface area is 77.0 Å². The van der Waals surface area contributed by atoms with Gasteiger partial charge in [0.1, 0.15) is 0 Å². The van der Waals surface area contributed by atoms with E-state index in [2.05, 4.69) is 5.10 Å². The van der Waals surface area contributed by atoms with Crippen LogP contribution >= 0.6 is 22.6 Å². The summed E-state index contributed by atoms with van der Waals surface area (Å²) in [4.78, 5) is 11.0. The van der Waals surface area contributed by atoms with Crippen molar-refractivity contribution >= 4 is 22.6 Å². The summed E-state index contributed by atoms with van der Waals surface area (Å²) >= 11 is 2.01. The van der Waals surface area contributed by atoms with E-state index < -0.39 is 0 Å². The molecule has 1 rings (SSSR count). The van der Waals surface area contributed by atoms with Crippen LogP contribution in [-0.2, 0) is 6.54 Å². The molecule has 0 saturated carbocycles. The van der Waals surface area contributed by atoms with Crippen molar-refractivity contribution in [1.82, 2.24) is 9.78 Å². The molecular formula is C6H7IN2O2. The minimum atomic E-state index is -0.175. The van der Waals surface area contributed by atoms with E-state index in [1.807, 2.05) is 22.6 Å². The van der Waals surface area contributed by atoms with Crippen molar-refractivity contribution < 1.29 is 5.11 Å². The first-order chi connectivity index (χ1) is 5.24. The zero-order valence-electron chi connectivity index (χ0n) is 5.70. The standard InChI is InChI=1S/C6H7IN2O2/c7-5-3-6(11)9(1-2-10)8-4-5/h3-4,10H,1-2H2. The SMILES string of the molecule is O=c1cc(I)cnn1CCO. The van der Waals surface area contributed by atoms with Gasteiger partial charge >= 0.3 is 0 Å². The van der Waals surface area contributed by atoms with Crippen LogP contribution in [0.3, 0.4) is 0 Å². The van der Waals surface area contributed by atoms with E-state index in [-0.39, 0.29) is 18.7 Å². The molecule has 60 valence electrons. The lowest BCUT2D eigenvalue weighted by Crippen LogP contribution is -2.23. The van der Waals surface area contributed by atoms with Crippen molar-refractivity contribution in [2.45, 2.75) is 6.54 Å². The van der Waals surface area contributed by atoms with Crippen molar-refractivity contribution in [2.75, 3.05) is 6.61 Å². The third-order valence-electron chi connectivity index (χ3n) is 1.15. The third kappa shape index (κ3) is 2.26. The topological polar surface area (TPSA) is 55.1 Å². The molecule has 1 aromatic heterocycles. The normalized spacial score (nSPS) is 10.0. The van der Waals surface area contributed by atoms with Crippen molar-refractivity contribution in [3.63, 3.8) is 0 Å². The van der Waals surface area contributed by atoms with Crippen LogP contribution in [0.15, 0.2) is 17.1 Å². The van der Waals surface area contributed by atoms with Gasteiger partial charge in [-0.1, -0.05) is 0 Å². The second-order valence-electron chi connectivity index (χ2n) is 1.96. The van der Waals surface area contributed by atoms with E-state index in [4.69, 9.17) is 5.11 Å². The van der Waals surface area contributed by atoms with Crippen molar-refractivity contribution in [2.24, 2.45) is 0 Å². The van der Waals surface area contributed by atoms with Gasteiger partial charge in [-0.3, -0.25) is 4.79 Å².